The molecule has 0 aliphatic heterocycles. The topological polar surface area (TPSA) is 103 Å². The van der Waals surface area contributed by atoms with Gasteiger partial charge in [0, 0.05) is 18.1 Å². The lowest BCUT2D eigenvalue weighted by molar-refractivity contribution is 0.262. The zero-order valence-corrected chi connectivity index (χ0v) is 18.6. The van der Waals surface area contributed by atoms with Gasteiger partial charge in [0.15, 0.2) is 11.5 Å². The second kappa shape index (κ2) is 11.1. The maximum absolute atomic E-state index is 12.3. The van der Waals surface area contributed by atoms with E-state index >= 15 is 0 Å². The first kappa shape index (κ1) is 23.0. The van der Waals surface area contributed by atoms with E-state index in [0.717, 1.165) is 25.1 Å². The summed E-state index contributed by atoms with van der Waals surface area (Å²) >= 11 is 6.48. The highest BCUT2D eigenvalue weighted by molar-refractivity contribution is 6.31. The van der Waals surface area contributed by atoms with Crippen LogP contribution in [0, 0.1) is 11.3 Å². The molecule has 0 radical (unpaired) electrons. The molecule has 1 heterocycles. The highest BCUT2D eigenvalue weighted by Gasteiger charge is 2.13. The van der Waals surface area contributed by atoms with Crippen molar-refractivity contribution in [1.29, 1.82) is 5.26 Å². The van der Waals surface area contributed by atoms with E-state index in [1.54, 1.807) is 6.07 Å². The van der Waals surface area contributed by atoms with E-state index < -0.39 is 6.03 Å². The van der Waals surface area contributed by atoms with Gasteiger partial charge in [-0.15, -0.1) is 0 Å². The maximum atomic E-state index is 12.3. The van der Waals surface area contributed by atoms with Crippen molar-refractivity contribution in [1.82, 2.24) is 14.9 Å². The summed E-state index contributed by atoms with van der Waals surface area (Å²) in [5.41, 5.74) is 2.76. The SMILES string of the molecule is COc1cc(CCN(C)Cc2ccccc2)c(Cl)cc1NC(=O)Nc1cnc(C#N)cn1. The molecule has 3 aromatic rings. The van der Waals surface area contributed by atoms with Crippen LogP contribution in [0.15, 0.2) is 54.9 Å². The minimum absolute atomic E-state index is 0.161. The van der Waals surface area contributed by atoms with Gasteiger partial charge in [0.05, 0.1) is 25.2 Å². The Labute approximate surface area is 191 Å². The van der Waals surface area contributed by atoms with Crippen LogP contribution in [0.4, 0.5) is 16.3 Å². The molecule has 3 rings (SSSR count). The minimum atomic E-state index is -0.534. The van der Waals surface area contributed by atoms with Crippen LogP contribution in [0.1, 0.15) is 16.8 Å². The van der Waals surface area contributed by atoms with Gasteiger partial charge >= 0.3 is 6.03 Å². The number of likely N-dealkylation sites (N-methyl/N-ethyl adjacent to an activating group) is 1. The van der Waals surface area contributed by atoms with Gasteiger partial charge in [-0.3, -0.25) is 5.32 Å². The smallest absolute Gasteiger partial charge is 0.325 e. The molecule has 2 N–H and O–H groups in total. The van der Waals surface area contributed by atoms with Crippen molar-refractivity contribution in [3.05, 3.63) is 76.7 Å². The predicted octanol–water partition coefficient (Wildman–Crippen LogP) is 4.33. The number of ether oxygens (including phenoxy) is 1. The fourth-order valence-electron chi connectivity index (χ4n) is 3.06. The molecule has 0 bridgehead atoms. The molecule has 0 saturated heterocycles. The van der Waals surface area contributed by atoms with Crippen LogP contribution in [0.5, 0.6) is 5.75 Å². The number of amides is 2. The van der Waals surface area contributed by atoms with Gasteiger partial charge in [0.2, 0.25) is 0 Å². The van der Waals surface area contributed by atoms with Crippen LogP contribution >= 0.6 is 11.6 Å². The number of nitrogens with zero attached hydrogens (tertiary/aromatic N) is 4. The summed E-state index contributed by atoms with van der Waals surface area (Å²) in [6.07, 6.45) is 3.31. The number of aromatic nitrogens is 2. The van der Waals surface area contributed by atoms with Gasteiger partial charge < -0.3 is 15.0 Å². The van der Waals surface area contributed by atoms with E-state index in [4.69, 9.17) is 21.6 Å². The van der Waals surface area contributed by atoms with Gasteiger partial charge in [-0.25, -0.2) is 14.8 Å². The Balaban J connectivity index is 1.62. The van der Waals surface area contributed by atoms with Crippen LogP contribution in [-0.4, -0.2) is 41.6 Å². The Morgan fingerprint density at radius 2 is 1.97 bits per heavy atom. The zero-order valence-electron chi connectivity index (χ0n) is 17.8. The quantitative estimate of drug-likeness (QED) is 0.529. The Bertz CT molecular complexity index is 1100. The molecule has 0 spiro atoms. The molecule has 0 unspecified atom stereocenters. The molecular formula is C23H23ClN6O2. The van der Waals surface area contributed by atoms with Crippen LogP contribution in [0.3, 0.4) is 0 Å². The molecule has 1 aromatic heterocycles. The van der Waals surface area contributed by atoms with E-state index in [2.05, 4.69) is 44.7 Å². The second-order valence-electron chi connectivity index (χ2n) is 7.10. The monoisotopic (exact) mass is 450 g/mol. The average molecular weight is 451 g/mol. The van der Waals surface area contributed by atoms with Gasteiger partial charge in [0.25, 0.3) is 0 Å². The van der Waals surface area contributed by atoms with Gasteiger partial charge in [-0.05, 0) is 36.7 Å². The van der Waals surface area contributed by atoms with Crippen LogP contribution < -0.4 is 15.4 Å². The molecule has 2 amide bonds. The number of methoxy groups -OCH3 is 1. The number of hydrogen-bond acceptors (Lipinski definition) is 6. The van der Waals surface area contributed by atoms with Crippen molar-refractivity contribution in [2.45, 2.75) is 13.0 Å². The molecule has 8 nitrogen and oxygen atoms in total. The number of carbonyl (C=O) groups is 1. The van der Waals surface area contributed by atoms with E-state index in [-0.39, 0.29) is 11.5 Å². The maximum Gasteiger partial charge on any atom is 0.325 e. The normalized spacial score (nSPS) is 10.5. The standard InChI is InChI=1S/C23H23ClN6O2/c1-30(15-16-6-4-3-5-7-16)9-8-17-10-21(32-2)20(11-19(17)24)28-23(31)29-22-14-26-18(12-25)13-27-22/h3-7,10-11,13-14H,8-9,15H2,1-2H3,(H2,27,28,29,31). The number of rotatable bonds is 8. The second-order valence-corrected chi connectivity index (χ2v) is 7.50. The summed E-state index contributed by atoms with van der Waals surface area (Å²) in [4.78, 5) is 22.4. The van der Waals surface area contributed by atoms with E-state index in [1.807, 2.05) is 30.3 Å². The first-order chi connectivity index (χ1) is 15.5. The zero-order chi connectivity index (χ0) is 22.9. The first-order valence-electron chi connectivity index (χ1n) is 9.87. The molecule has 164 valence electrons. The summed E-state index contributed by atoms with van der Waals surface area (Å²) < 4.78 is 5.45. The molecule has 0 fully saturated rings. The number of benzene rings is 2. The molecule has 32 heavy (non-hydrogen) atoms. The number of urea groups is 1. The first-order valence-corrected chi connectivity index (χ1v) is 10.3. The van der Waals surface area contributed by atoms with E-state index in [0.29, 0.717) is 16.5 Å². The van der Waals surface area contributed by atoms with Crippen molar-refractivity contribution >= 4 is 29.1 Å². The number of anilines is 2. The lowest BCUT2D eigenvalue weighted by atomic mass is 10.1. The Morgan fingerprint density at radius 1 is 1.19 bits per heavy atom. The van der Waals surface area contributed by atoms with Crippen molar-refractivity contribution in [2.24, 2.45) is 0 Å². The van der Waals surface area contributed by atoms with Crippen LogP contribution in [0.2, 0.25) is 5.02 Å². The Morgan fingerprint density at radius 3 is 2.62 bits per heavy atom. The minimum Gasteiger partial charge on any atom is -0.495 e. The number of nitriles is 1. The highest BCUT2D eigenvalue weighted by Crippen LogP contribution is 2.32. The van der Waals surface area contributed by atoms with Gasteiger partial charge in [-0.1, -0.05) is 41.9 Å². The summed E-state index contributed by atoms with van der Waals surface area (Å²) in [5.74, 6) is 0.709. The molecule has 9 heteroatoms. The number of carbonyl (C=O) groups excluding carboxylic acids is 1. The van der Waals surface area contributed by atoms with E-state index in [1.165, 1.54) is 25.1 Å². The van der Waals surface area contributed by atoms with Gasteiger partial charge in [0.1, 0.15) is 11.8 Å². The molecule has 0 saturated carbocycles. The van der Waals surface area contributed by atoms with Gasteiger partial charge in [-0.2, -0.15) is 5.26 Å². The fraction of sp³-hybridized carbons (Fsp3) is 0.217. The Hall–Kier alpha value is -3.67. The summed E-state index contributed by atoms with van der Waals surface area (Å²) in [5, 5.41) is 14.6. The molecule has 0 aliphatic rings. The van der Waals surface area contributed by atoms with E-state index in [9.17, 15) is 4.79 Å². The summed E-state index contributed by atoms with van der Waals surface area (Å²) in [7, 11) is 3.59. The summed E-state index contributed by atoms with van der Waals surface area (Å²) in [6.45, 7) is 1.65. The lowest BCUT2D eigenvalue weighted by Crippen LogP contribution is -2.21. The largest absolute Gasteiger partial charge is 0.495 e. The third-order valence-electron chi connectivity index (χ3n) is 4.68. The third kappa shape index (κ3) is 6.41. The van der Waals surface area contributed by atoms with Crippen molar-refractivity contribution in [3.63, 3.8) is 0 Å². The average Bonchev–Trinajstić information content (AvgIpc) is 2.79. The fourth-order valence-corrected chi connectivity index (χ4v) is 3.32. The third-order valence-corrected chi connectivity index (χ3v) is 5.03. The number of nitrogens with one attached hydrogen (secondary N) is 2. The summed E-state index contributed by atoms with van der Waals surface area (Å²) in [6, 6.07) is 15.1. The highest BCUT2D eigenvalue weighted by atomic mass is 35.5. The molecular weight excluding hydrogens is 428 g/mol. The van der Waals surface area contributed by atoms with Crippen LogP contribution in [-0.2, 0) is 13.0 Å². The lowest BCUT2D eigenvalue weighted by Gasteiger charge is -2.18. The molecule has 0 aliphatic carbocycles. The van der Waals surface area contributed by atoms with Crippen molar-refractivity contribution < 1.29 is 9.53 Å². The predicted molar refractivity (Wildman–Crippen MR) is 124 cm³/mol. The van der Waals surface area contributed by atoms with Crippen molar-refractivity contribution in [2.75, 3.05) is 31.3 Å². The van der Waals surface area contributed by atoms with Crippen molar-refractivity contribution in [3.8, 4) is 11.8 Å². The molecule has 0 atom stereocenters. The number of hydrogen-bond donors (Lipinski definition) is 2. The Kier molecular flexibility index (Phi) is 7.97. The molecule has 2 aromatic carbocycles. The van der Waals surface area contributed by atoms with Crippen LogP contribution in [0.25, 0.3) is 0 Å². The number of halogens is 1.